The highest BCUT2D eigenvalue weighted by molar-refractivity contribution is 5.11. The summed E-state index contributed by atoms with van der Waals surface area (Å²) in [6.07, 6.45) is 13.6. The Hall–Kier alpha value is -0.580. The fourth-order valence-corrected chi connectivity index (χ4v) is 3.76. The summed E-state index contributed by atoms with van der Waals surface area (Å²) in [6.45, 7) is 2.97. The Morgan fingerprint density at radius 3 is 2.70 bits per heavy atom. The second-order valence-electron chi connectivity index (χ2n) is 7.02. The first-order chi connectivity index (χ1) is 11.3. The van der Waals surface area contributed by atoms with E-state index in [0.717, 1.165) is 19.4 Å². The van der Waals surface area contributed by atoms with Gasteiger partial charge >= 0.3 is 0 Å². The van der Waals surface area contributed by atoms with Crippen LogP contribution in [0.5, 0.6) is 0 Å². The Kier molecular flexibility index (Phi) is 8.41. The highest BCUT2D eigenvalue weighted by Gasteiger charge is 2.34. The Bertz CT molecular complexity index is 353. The Balaban J connectivity index is 1.89. The fraction of sp³-hybridized carbons (Fsp3) is 0.895. The van der Waals surface area contributed by atoms with Gasteiger partial charge in [0.2, 0.25) is 0 Å². The van der Waals surface area contributed by atoms with E-state index >= 15 is 0 Å². The molecule has 3 atom stereocenters. The second kappa shape index (κ2) is 10.3. The van der Waals surface area contributed by atoms with E-state index in [1.165, 1.54) is 57.1 Å². The van der Waals surface area contributed by atoms with Crippen LogP contribution in [0.3, 0.4) is 0 Å². The van der Waals surface area contributed by atoms with Crippen molar-refractivity contribution in [2.75, 3.05) is 13.7 Å². The van der Waals surface area contributed by atoms with E-state index in [1.807, 2.05) is 0 Å². The predicted molar refractivity (Wildman–Crippen MR) is 92.8 cm³/mol. The van der Waals surface area contributed by atoms with Crippen molar-refractivity contribution in [3.63, 3.8) is 0 Å². The third-order valence-electron chi connectivity index (χ3n) is 5.26. The summed E-state index contributed by atoms with van der Waals surface area (Å²) in [4.78, 5) is 0. The van der Waals surface area contributed by atoms with Crippen LogP contribution in [0.15, 0.2) is 11.8 Å². The molecule has 0 aromatic heterocycles. The van der Waals surface area contributed by atoms with Crippen LogP contribution in [0.4, 0.5) is 0 Å². The van der Waals surface area contributed by atoms with Crippen LogP contribution < -0.4 is 5.32 Å². The maximum Gasteiger partial charge on any atom is 0.161 e. The zero-order valence-corrected chi connectivity index (χ0v) is 14.9. The van der Waals surface area contributed by atoms with Crippen molar-refractivity contribution in [3.05, 3.63) is 11.8 Å². The Labute approximate surface area is 141 Å². The largest absolute Gasteiger partial charge is 0.368 e. The van der Waals surface area contributed by atoms with Crippen molar-refractivity contribution in [2.24, 2.45) is 11.8 Å². The summed E-state index contributed by atoms with van der Waals surface area (Å²) in [5, 5.41) is 13.7. The van der Waals surface area contributed by atoms with Gasteiger partial charge in [-0.25, -0.2) is 0 Å². The number of aliphatic hydroxyl groups is 1. The lowest BCUT2D eigenvalue weighted by atomic mass is 9.84. The fourth-order valence-electron chi connectivity index (χ4n) is 3.76. The van der Waals surface area contributed by atoms with E-state index in [9.17, 15) is 5.11 Å². The van der Waals surface area contributed by atoms with Crippen molar-refractivity contribution >= 4 is 0 Å². The molecule has 23 heavy (non-hydrogen) atoms. The lowest BCUT2D eigenvalue weighted by Crippen LogP contribution is -2.47. The van der Waals surface area contributed by atoms with Gasteiger partial charge in [-0.2, -0.15) is 0 Å². The van der Waals surface area contributed by atoms with Crippen LogP contribution in [0.1, 0.15) is 71.1 Å². The molecule has 3 unspecified atom stereocenters. The molecule has 0 saturated heterocycles. The van der Waals surface area contributed by atoms with Crippen molar-refractivity contribution in [2.45, 2.75) is 83.6 Å². The van der Waals surface area contributed by atoms with Gasteiger partial charge in [-0.15, -0.1) is 0 Å². The molecule has 1 fully saturated rings. The van der Waals surface area contributed by atoms with E-state index < -0.39 is 6.29 Å². The Morgan fingerprint density at radius 1 is 1.22 bits per heavy atom. The summed E-state index contributed by atoms with van der Waals surface area (Å²) in [7, 11) is 1.56. The number of unbranched alkanes of at least 4 members (excludes halogenated alkanes) is 3. The molecule has 4 nitrogen and oxygen atoms in total. The minimum atomic E-state index is -0.771. The first kappa shape index (κ1) is 18.8. The molecule has 0 aromatic carbocycles. The standard InChI is InChI=1S/C19H35NO3/c1-3-4-5-9-14-23-18-16(19(21)22-2)12-13-17(20-18)15-10-7-6-8-11-15/h13,15-16,18-21H,3-12,14H2,1-2H3. The molecular formula is C19H35NO3. The molecule has 1 aliphatic carbocycles. The number of allylic oxidation sites excluding steroid dienone is 2. The van der Waals surface area contributed by atoms with Gasteiger partial charge in [-0.1, -0.05) is 51.5 Å². The average Bonchev–Trinajstić information content (AvgIpc) is 2.61. The van der Waals surface area contributed by atoms with Gasteiger partial charge in [-0.3, -0.25) is 0 Å². The highest BCUT2D eigenvalue weighted by Crippen LogP contribution is 2.33. The average molecular weight is 325 g/mol. The molecule has 1 heterocycles. The molecule has 1 aliphatic heterocycles. The summed E-state index contributed by atoms with van der Waals surface area (Å²) in [6, 6.07) is 0. The molecule has 0 amide bonds. The molecule has 134 valence electrons. The number of hydrogen-bond acceptors (Lipinski definition) is 4. The van der Waals surface area contributed by atoms with Crippen molar-refractivity contribution in [1.82, 2.24) is 5.32 Å². The summed E-state index contributed by atoms with van der Waals surface area (Å²) in [5.41, 5.74) is 1.34. The number of nitrogens with one attached hydrogen (secondary N) is 1. The SMILES string of the molecule is CCCCCCOC1NC(C2CCCCC2)=CCC1C(O)OC. The monoisotopic (exact) mass is 325 g/mol. The van der Waals surface area contributed by atoms with Crippen LogP contribution in [0.2, 0.25) is 0 Å². The molecule has 2 N–H and O–H groups in total. The van der Waals surface area contributed by atoms with Crippen molar-refractivity contribution < 1.29 is 14.6 Å². The maximum absolute atomic E-state index is 10.1. The third-order valence-corrected chi connectivity index (χ3v) is 5.26. The summed E-state index contributed by atoms with van der Waals surface area (Å²) < 4.78 is 11.2. The third kappa shape index (κ3) is 5.77. The molecular weight excluding hydrogens is 290 g/mol. The number of aliphatic hydroxyl groups excluding tert-OH is 1. The lowest BCUT2D eigenvalue weighted by Gasteiger charge is -2.38. The van der Waals surface area contributed by atoms with Crippen LogP contribution in [0, 0.1) is 11.8 Å². The van der Waals surface area contributed by atoms with Crippen LogP contribution in [-0.2, 0) is 9.47 Å². The zero-order valence-electron chi connectivity index (χ0n) is 14.9. The van der Waals surface area contributed by atoms with Gasteiger partial charge in [-0.05, 0) is 31.6 Å². The van der Waals surface area contributed by atoms with Gasteiger partial charge in [0.25, 0.3) is 0 Å². The molecule has 0 radical (unpaired) electrons. The van der Waals surface area contributed by atoms with Crippen LogP contribution in [-0.4, -0.2) is 31.3 Å². The molecule has 0 aromatic rings. The lowest BCUT2D eigenvalue weighted by molar-refractivity contribution is -0.158. The number of rotatable bonds is 9. The Morgan fingerprint density at radius 2 is 2.00 bits per heavy atom. The van der Waals surface area contributed by atoms with Crippen LogP contribution >= 0.6 is 0 Å². The van der Waals surface area contributed by atoms with Gasteiger partial charge in [0.05, 0.1) is 5.92 Å². The van der Waals surface area contributed by atoms with E-state index in [1.54, 1.807) is 7.11 Å². The first-order valence-corrected chi connectivity index (χ1v) is 9.55. The minimum Gasteiger partial charge on any atom is -0.368 e. The van der Waals surface area contributed by atoms with E-state index in [0.29, 0.717) is 5.92 Å². The van der Waals surface area contributed by atoms with Gasteiger partial charge in [0.1, 0.15) is 6.23 Å². The van der Waals surface area contributed by atoms with E-state index in [2.05, 4.69) is 18.3 Å². The minimum absolute atomic E-state index is 0.0292. The smallest absolute Gasteiger partial charge is 0.161 e. The topological polar surface area (TPSA) is 50.7 Å². The molecule has 2 rings (SSSR count). The second-order valence-corrected chi connectivity index (χ2v) is 7.02. The molecule has 2 aliphatic rings. The maximum atomic E-state index is 10.1. The van der Waals surface area contributed by atoms with Crippen LogP contribution in [0.25, 0.3) is 0 Å². The summed E-state index contributed by atoms with van der Waals surface area (Å²) >= 11 is 0. The quantitative estimate of drug-likeness (QED) is 0.498. The van der Waals surface area contributed by atoms with Gasteiger partial charge in [0.15, 0.2) is 6.29 Å². The van der Waals surface area contributed by atoms with Crippen molar-refractivity contribution in [1.29, 1.82) is 0 Å². The van der Waals surface area contributed by atoms with E-state index in [4.69, 9.17) is 9.47 Å². The zero-order chi connectivity index (χ0) is 16.5. The first-order valence-electron chi connectivity index (χ1n) is 9.55. The van der Waals surface area contributed by atoms with Gasteiger partial charge < -0.3 is 19.9 Å². The molecule has 1 saturated carbocycles. The highest BCUT2D eigenvalue weighted by atomic mass is 16.6. The van der Waals surface area contributed by atoms with Crippen molar-refractivity contribution in [3.8, 4) is 0 Å². The number of ether oxygens (including phenoxy) is 2. The molecule has 0 spiro atoms. The van der Waals surface area contributed by atoms with E-state index in [-0.39, 0.29) is 12.1 Å². The molecule has 0 bridgehead atoms. The normalized spacial score (nSPS) is 27.3. The van der Waals surface area contributed by atoms with Gasteiger partial charge in [0, 0.05) is 19.4 Å². The number of methoxy groups -OCH3 is 1. The summed E-state index contributed by atoms with van der Waals surface area (Å²) in [5.74, 6) is 0.620. The molecule has 4 heteroatoms. The number of hydrogen-bond donors (Lipinski definition) is 2. The predicted octanol–water partition coefficient (Wildman–Crippen LogP) is 3.95.